The predicted octanol–water partition coefficient (Wildman–Crippen LogP) is 2.90. The Morgan fingerprint density at radius 2 is 2.08 bits per heavy atom. The molecular weight excluding hydrogens is 326 g/mol. The second kappa shape index (κ2) is 7.71. The fourth-order valence-electron chi connectivity index (χ4n) is 3.06. The van der Waals surface area contributed by atoms with Crippen LogP contribution in [0.4, 0.5) is 0 Å². The number of likely N-dealkylation sites (N-methyl/N-ethyl adjacent to an activating group) is 1. The van der Waals surface area contributed by atoms with Crippen LogP contribution in [-0.4, -0.2) is 48.2 Å². The fraction of sp³-hybridized carbons (Fsp3) is 0.450. The van der Waals surface area contributed by atoms with Crippen molar-refractivity contribution in [3.63, 3.8) is 0 Å². The first-order valence-electron chi connectivity index (χ1n) is 8.93. The Labute approximate surface area is 154 Å². The molecular formula is C20H25N5O. The van der Waals surface area contributed by atoms with Crippen LogP contribution in [0.25, 0.3) is 10.9 Å². The van der Waals surface area contributed by atoms with Crippen molar-refractivity contribution < 1.29 is 4.79 Å². The summed E-state index contributed by atoms with van der Waals surface area (Å²) in [6.45, 7) is 2.29. The van der Waals surface area contributed by atoms with E-state index in [9.17, 15) is 4.79 Å². The van der Waals surface area contributed by atoms with Crippen LogP contribution in [0.15, 0.2) is 40.7 Å². The number of amides is 1. The number of para-hydroxylation sites is 1. The average Bonchev–Trinajstić information content (AvgIpc) is 3.30. The zero-order valence-corrected chi connectivity index (χ0v) is 15.4. The number of benzene rings is 1. The highest BCUT2D eigenvalue weighted by Crippen LogP contribution is 2.36. The summed E-state index contributed by atoms with van der Waals surface area (Å²) in [5, 5.41) is 12.2. The van der Waals surface area contributed by atoms with E-state index in [1.165, 1.54) is 0 Å². The normalized spacial score (nSPS) is 14.5. The summed E-state index contributed by atoms with van der Waals surface area (Å²) in [6, 6.07) is 8.02. The van der Waals surface area contributed by atoms with Crippen molar-refractivity contribution in [1.29, 1.82) is 0 Å². The molecule has 0 spiro atoms. The first-order valence-corrected chi connectivity index (χ1v) is 8.93. The molecule has 0 bridgehead atoms. The molecule has 136 valence electrons. The summed E-state index contributed by atoms with van der Waals surface area (Å²) in [6.07, 6.45) is 9.35. The van der Waals surface area contributed by atoms with E-state index >= 15 is 0 Å². The van der Waals surface area contributed by atoms with Gasteiger partial charge in [0.15, 0.2) is 5.66 Å². The lowest BCUT2D eigenvalue weighted by molar-refractivity contribution is 0.0953. The Bertz CT molecular complexity index is 853. The minimum absolute atomic E-state index is 0.0578. The first-order chi connectivity index (χ1) is 12.5. The SMILES string of the molecule is C#CCCC1(CCNC(=O)c2cn(CCN(C)C)c3ccccc23)N=N1. The lowest BCUT2D eigenvalue weighted by Gasteiger charge is -2.11. The maximum Gasteiger partial charge on any atom is 0.253 e. The molecule has 0 fully saturated rings. The minimum Gasteiger partial charge on any atom is -0.352 e. The molecule has 2 aromatic rings. The molecule has 6 nitrogen and oxygen atoms in total. The Hall–Kier alpha value is -2.65. The molecule has 6 heteroatoms. The van der Waals surface area contributed by atoms with Crippen molar-refractivity contribution in [3.05, 3.63) is 36.0 Å². The fourth-order valence-corrected chi connectivity index (χ4v) is 3.06. The molecule has 1 amide bonds. The molecule has 26 heavy (non-hydrogen) atoms. The van der Waals surface area contributed by atoms with E-state index in [-0.39, 0.29) is 11.6 Å². The third-order valence-electron chi connectivity index (χ3n) is 4.68. The van der Waals surface area contributed by atoms with Crippen LogP contribution in [0.2, 0.25) is 0 Å². The Morgan fingerprint density at radius 3 is 2.77 bits per heavy atom. The van der Waals surface area contributed by atoms with E-state index < -0.39 is 0 Å². The maximum absolute atomic E-state index is 12.7. The third kappa shape index (κ3) is 4.12. The van der Waals surface area contributed by atoms with Gasteiger partial charge in [-0.15, -0.1) is 12.3 Å². The monoisotopic (exact) mass is 351 g/mol. The highest BCUT2D eigenvalue weighted by molar-refractivity contribution is 6.07. The van der Waals surface area contributed by atoms with Gasteiger partial charge in [0.05, 0.1) is 5.56 Å². The molecule has 3 rings (SSSR count). The van der Waals surface area contributed by atoms with E-state index in [4.69, 9.17) is 6.42 Å². The van der Waals surface area contributed by atoms with Crippen molar-refractivity contribution in [2.45, 2.75) is 31.5 Å². The predicted molar refractivity (Wildman–Crippen MR) is 103 cm³/mol. The van der Waals surface area contributed by atoms with E-state index in [1.807, 2.05) is 38.5 Å². The van der Waals surface area contributed by atoms with Crippen molar-refractivity contribution >= 4 is 16.8 Å². The number of nitrogens with one attached hydrogen (secondary N) is 1. The van der Waals surface area contributed by atoms with Crippen molar-refractivity contribution in [2.24, 2.45) is 10.2 Å². The second-order valence-corrected chi connectivity index (χ2v) is 6.95. The van der Waals surface area contributed by atoms with Crippen LogP contribution in [0.3, 0.4) is 0 Å². The van der Waals surface area contributed by atoms with Gasteiger partial charge in [-0.05, 0) is 20.2 Å². The Morgan fingerprint density at radius 1 is 1.31 bits per heavy atom. The van der Waals surface area contributed by atoms with Gasteiger partial charge in [0.2, 0.25) is 0 Å². The number of rotatable bonds is 9. The number of terminal acetylenes is 1. The third-order valence-corrected chi connectivity index (χ3v) is 4.68. The molecule has 0 saturated heterocycles. The second-order valence-electron chi connectivity index (χ2n) is 6.95. The summed E-state index contributed by atoms with van der Waals surface area (Å²) >= 11 is 0. The maximum atomic E-state index is 12.7. The molecule has 1 aromatic carbocycles. The van der Waals surface area contributed by atoms with E-state index in [0.29, 0.717) is 24.9 Å². The van der Waals surface area contributed by atoms with Gasteiger partial charge in [-0.1, -0.05) is 18.2 Å². The van der Waals surface area contributed by atoms with Gasteiger partial charge in [0.1, 0.15) is 0 Å². The Kier molecular flexibility index (Phi) is 5.38. The number of fused-ring (bicyclic) bond motifs is 1. The smallest absolute Gasteiger partial charge is 0.253 e. The molecule has 1 N–H and O–H groups in total. The van der Waals surface area contributed by atoms with E-state index in [1.54, 1.807) is 0 Å². The molecule has 1 aliphatic rings. The molecule has 0 saturated carbocycles. The molecule has 1 aliphatic heterocycles. The minimum atomic E-state index is -0.362. The van der Waals surface area contributed by atoms with Crippen LogP contribution in [0.5, 0.6) is 0 Å². The van der Waals surface area contributed by atoms with Gasteiger partial charge in [-0.2, -0.15) is 10.2 Å². The summed E-state index contributed by atoms with van der Waals surface area (Å²) in [5.74, 6) is 2.56. The number of aromatic nitrogens is 1. The topological polar surface area (TPSA) is 62.0 Å². The largest absolute Gasteiger partial charge is 0.352 e. The molecule has 0 aliphatic carbocycles. The van der Waals surface area contributed by atoms with E-state index in [0.717, 1.165) is 30.4 Å². The summed E-state index contributed by atoms with van der Waals surface area (Å²) < 4.78 is 2.14. The number of carbonyl (C=O) groups excluding carboxylic acids is 1. The highest BCUT2D eigenvalue weighted by atomic mass is 16.1. The summed E-state index contributed by atoms with van der Waals surface area (Å²) in [4.78, 5) is 14.8. The molecule has 1 aromatic heterocycles. The van der Waals surface area contributed by atoms with Crippen LogP contribution in [-0.2, 0) is 6.54 Å². The number of hydrogen-bond acceptors (Lipinski definition) is 4. The summed E-state index contributed by atoms with van der Waals surface area (Å²) in [5.41, 5.74) is 1.43. The van der Waals surface area contributed by atoms with Gasteiger partial charge in [-0.25, -0.2) is 0 Å². The Balaban J connectivity index is 1.65. The zero-order valence-electron chi connectivity index (χ0n) is 15.4. The molecule has 0 radical (unpaired) electrons. The molecule has 0 unspecified atom stereocenters. The van der Waals surface area contributed by atoms with Gasteiger partial charge in [0.25, 0.3) is 5.91 Å². The number of hydrogen-bond donors (Lipinski definition) is 1. The lowest BCUT2D eigenvalue weighted by Crippen LogP contribution is -2.28. The van der Waals surface area contributed by atoms with Gasteiger partial charge < -0.3 is 14.8 Å². The molecule has 2 heterocycles. The highest BCUT2D eigenvalue weighted by Gasteiger charge is 2.38. The van der Waals surface area contributed by atoms with Crippen molar-refractivity contribution in [1.82, 2.24) is 14.8 Å². The van der Waals surface area contributed by atoms with Crippen LogP contribution < -0.4 is 5.32 Å². The summed E-state index contributed by atoms with van der Waals surface area (Å²) in [7, 11) is 4.09. The first kappa shape index (κ1) is 18.2. The number of nitrogens with zero attached hydrogens (tertiary/aromatic N) is 4. The van der Waals surface area contributed by atoms with Crippen molar-refractivity contribution in [3.8, 4) is 12.3 Å². The van der Waals surface area contributed by atoms with Gasteiger partial charge >= 0.3 is 0 Å². The van der Waals surface area contributed by atoms with Gasteiger partial charge in [-0.3, -0.25) is 4.79 Å². The lowest BCUT2D eigenvalue weighted by atomic mass is 10.0. The number of carbonyl (C=O) groups is 1. The average molecular weight is 351 g/mol. The van der Waals surface area contributed by atoms with Crippen LogP contribution in [0, 0.1) is 12.3 Å². The quantitative estimate of drug-likeness (QED) is 0.706. The van der Waals surface area contributed by atoms with Crippen molar-refractivity contribution in [2.75, 3.05) is 27.2 Å². The van der Waals surface area contributed by atoms with E-state index in [2.05, 4.69) is 37.0 Å². The molecule has 0 atom stereocenters. The zero-order chi connectivity index (χ0) is 18.6. The van der Waals surface area contributed by atoms with Crippen LogP contribution in [0.1, 0.15) is 29.6 Å². The standard InChI is InChI=1S/C20H25N5O/c1-4-5-10-20(22-23-20)11-12-21-19(26)17-15-25(14-13-24(2)3)18-9-7-6-8-16(17)18/h1,6-9,15H,5,10-14H2,2-3H3,(H,21,26). The van der Waals surface area contributed by atoms with Gasteiger partial charge in [0, 0.05) is 56.0 Å². The van der Waals surface area contributed by atoms with Crippen LogP contribution >= 0.6 is 0 Å².